The van der Waals surface area contributed by atoms with Gasteiger partial charge in [0.2, 0.25) is 0 Å². The van der Waals surface area contributed by atoms with Gasteiger partial charge in [0.1, 0.15) is 23.0 Å². The third-order valence-electron chi connectivity index (χ3n) is 10.4. The summed E-state index contributed by atoms with van der Waals surface area (Å²) in [4.78, 5) is 39.5. The summed E-state index contributed by atoms with van der Waals surface area (Å²) in [5.41, 5.74) is 3.56. The summed E-state index contributed by atoms with van der Waals surface area (Å²) in [6.45, 7) is 5.25. The monoisotopic (exact) mass is 707 g/mol. The van der Waals surface area contributed by atoms with Crippen molar-refractivity contribution in [2.45, 2.75) is 63.8 Å². The molecule has 268 valence electrons. The zero-order valence-electron chi connectivity index (χ0n) is 28.7. The maximum Gasteiger partial charge on any atom is 0.337 e. The number of halogens is 2. The Morgan fingerprint density at radius 3 is 2.65 bits per heavy atom. The van der Waals surface area contributed by atoms with E-state index in [2.05, 4.69) is 27.1 Å². The van der Waals surface area contributed by atoms with Crippen molar-refractivity contribution in [2.75, 3.05) is 19.8 Å². The van der Waals surface area contributed by atoms with Gasteiger partial charge in [0, 0.05) is 50.2 Å². The largest absolute Gasteiger partial charge is 0.508 e. The molecule has 0 spiro atoms. The van der Waals surface area contributed by atoms with Crippen LogP contribution in [-0.2, 0) is 17.8 Å². The lowest BCUT2D eigenvalue weighted by Crippen LogP contribution is -2.44. The number of aromatic nitrogens is 5. The minimum Gasteiger partial charge on any atom is -0.508 e. The van der Waals surface area contributed by atoms with Crippen LogP contribution < -0.4 is 16.6 Å². The van der Waals surface area contributed by atoms with Gasteiger partial charge >= 0.3 is 5.69 Å². The van der Waals surface area contributed by atoms with E-state index in [1.807, 2.05) is 24.3 Å². The second-order valence-electron chi connectivity index (χ2n) is 13.8. The van der Waals surface area contributed by atoms with E-state index in [1.165, 1.54) is 21.4 Å². The number of phenols is 1. The normalized spacial score (nSPS) is 19.8. The third kappa shape index (κ3) is 6.62. The summed E-state index contributed by atoms with van der Waals surface area (Å²) in [7, 11) is 0. The maximum absolute atomic E-state index is 14.6. The minimum atomic E-state index is -0.663. The Kier molecular flexibility index (Phi) is 9.16. The minimum absolute atomic E-state index is 0.0279. The van der Waals surface area contributed by atoms with Crippen LogP contribution in [0.25, 0.3) is 33.5 Å². The summed E-state index contributed by atoms with van der Waals surface area (Å²) in [6.07, 6.45) is 6.74. The van der Waals surface area contributed by atoms with E-state index in [-0.39, 0.29) is 34.7 Å². The standard InChI is InChI=1S/C39H39F2N7O4/c1-24-23-52-14-13-45(24)20-26-16-33(49)10-11-34(26)25-3-2-4-32(15-25)47-37-35(17-28(41)18-43-37)38(50)48(39(47)51)31-8-6-29(7-9-31)42-19-30-22-46-21-27(40)5-12-36(46)44-30/h2-5,10-12,15-18,21-22,24,29,31,42,49H,6-9,13-14,19-20,23H2,1H3/t24-,29?,31?/m0/s1. The van der Waals surface area contributed by atoms with Gasteiger partial charge in [0.15, 0.2) is 5.65 Å². The fraction of sp³-hybridized carbons (Fsp3) is 0.333. The number of pyridine rings is 2. The first-order chi connectivity index (χ1) is 25.2. The van der Waals surface area contributed by atoms with Crippen LogP contribution in [0.4, 0.5) is 8.78 Å². The van der Waals surface area contributed by atoms with Gasteiger partial charge in [-0.05, 0) is 91.8 Å². The fourth-order valence-electron chi connectivity index (χ4n) is 7.65. The van der Waals surface area contributed by atoms with E-state index in [9.17, 15) is 23.5 Å². The average molecular weight is 708 g/mol. The average Bonchev–Trinajstić information content (AvgIpc) is 3.55. The summed E-state index contributed by atoms with van der Waals surface area (Å²) in [6, 6.07) is 16.8. The molecule has 2 fully saturated rings. The van der Waals surface area contributed by atoms with Gasteiger partial charge in [0.05, 0.1) is 36.2 Å². The number of phenolic OH excluding ortho intramolecular Hbond substituents is 1. The van der Waals surface area contributed by atoms with Crippen LogP contribution >= 0.6 is 0 Å². The first kappa shape index (κ1) is 33.9. The number of hydrogen-bond donors (Lipinski definition) is 2. The Morgan fingerprint density at radius 2 is 1.83 bits per heavy atom. The SMILES string of the molecule is C[C@H]1COCCN1Cc1cc(O)ccc1-c1cccc(-n2c(=O)n(C3CCC(NCc4cn5cc(F)ccc5n4)CC3)c(=O)c3cc(F)cnc32)c1. The molecule has 1 saturated heterocycles. The highest BCUT2D eigenvalue weighted by Crippen LogP contribution is 2.31. The van der Waals surface area contributed by atoms with Crippen LogP contribution in [-0.4, -0.2) is 65.4 Å². The second-order valence-corrected chi connectivity index (χ2v) is 13.8. The molecular formula is C39H39F2N7O4. The zero-order valence-corrected chi connectivity index (χ0v) is 28.7. The molecule has 0 amide bonds. The molecule has 2 aliphatic rings. The van der Waals surface area contributed by atoms with Crippen molar-refractivity contribution in [3.8, 4) is 22.6 Å². The molecule has 1 aliphatic heterocycles. The number of aromatic hydroxyl groups is 1. The quantitative estimate of drug-likeness (QED) is 0.218. The molecule has 2 aromatic carbocycles. The van der Waals surface area contributed by atoms with E-state index >= 15 is 0 Å². The van der Waals surface area contributed by atoms with Crippen molar-refractivity contribution in [3.63, 3.8) is 0 Å². The maximum atomic E-state index is 14.6. The summed E-state index contributed by atoms with van der Waals surface area (Å²) >= 11 is 0. The Hall–Kier alpha value is -5.24. The number of hydrogen-bond acceptors (Lipinski definition) is 8. The van der Waals surface area contributed by atoms with Gasteiger partial charge < -0.3 is 19.6 Å². The predicted octanol–water partition coefficient (Wildman–Crippen LogP) is 5.34. The number of morpholine rings is 1. The second kappa shape index (κ2) is 14.1. The zero-order chi connectivity index (χ0) is 35.9. The van der Waals surface area contributed by atoms with Crippen molar-refractivity contribution < 1.29 is 18.6 Å². The van der Waals surface area contributed by atoms with Crippen molar-refractivity contribution in [2.24, 2.45) is 0 Å². The topological polar surface area (TPSA) is 119 Å². The summed E-state index contributed by atoms with van der Waals surface area (Å²) < 4.78 is 38.2. The van der Waals surface area contributed by atoms with Crippen molar-refractivity contribution in [3.05, 3.63) is 123 Å². The highest BCUT2D eigenvalue weighted by molar-refractivity contribution is 5.77. The predicted molar refractivity (Wildman–Crippen MR) is 193 cm³/mol. The van der Waals surface area contributed by atoms with E-state index < -0.39 is 23.1 Å². The molecule has 8 rings (SSSR count). The Bertz CT molecular complexity index is 2400. The highest BCUT2D eigenvalue weighted by Gasteiger charge is 2.28. The summed E-state index contributed by atoms with van der Waals surface area (Å²) in [5, 5.41) is 14.0. The van der Waals surface area contributed by atoms with Crippen LogP contribution in [0.1, 0.15) is 49.9 Å². The van der Waals surface area contributed by atoms with Gasteiger partial charge in [-0.3, -0.25) is 14.3 Å². The Morgan fingerprint density at radius 1 is 0.981 bits per heavy atom. The molecule has 5 heterocycles. The first-order valence-corrected chi connectivity index (χ1v) is 17.7. The molecule has 11 nitrogen and oxygen atoms in total. The number of ether oxygens (including phenoxy) is 1. The van der Waals surface area contributed by atoms with E-state index in [1.54, 1.807) is 34.9 Å². The van der Waals surface area contributed by atoms with E-state index in [4.69, 9.17) is 4.74 Å². The number of nitrogens with one attached hydrogen (secondary N) is 1. The Balaban J connectivity index is 1.09. The lowest BCUT2D eigenvalue weighted by Gasteiger charge is -2.33. The molecule has 0 bridgehead atoms. The fourth-order valence-corrected chi connectivity index (χ4v) is 7.65. The molecule has 1 aliphatic carbocycles. The number of nitrogens with zero attached hydrogens (tertiary/aromatic N) is 6. The molecule has 0 radical (unpaired) electrons. The molecule has 52 heavy (non-hydrogen) atoms. The van der Waals surface area contributed by atoms with Gasteiger partial charge in [-0.15, -0.1) is 0 Å². The molecule has 13 heteroatoms. The van der Waals surface area contributed by atoms with Gasteiger partial charge in [-0.1, -0.05) is 18.2 Å². The van der Waals surface area contributed by atoms with Crippen molar-refractivity contribution in [1.29, 1.82) is 0 Å². The van der Waals surface area contributed by atoms with Crippen LogP contribution in [0.15, 0.2) is 88.8 Å². The van der Waals surface area contributed by atoms with Crippen LogP contribution in [0.5, 0.6) is 5.75 Å². The van der Waals surface area contributed by atoms with Crippen molar-refractivity contribution in [1.82, 2.24) is 33.7 Å². The molecule has 1 saturated carbocycles. The number of imidazole rings is 1. The number of rotatable bonds is 8. The van der Waals surface area contributed by atoms with Crippen LogP contribution in [0.2, 0.25) is 0 Å². The lowest BCUT2D eigenvalue weighted by molar-refractivity contribution is -0.00431. The number of benzene rings is 2. The van der Waals surface area contributed by atoms with Crippen LogP contribution in [0.3, 0.4) is 0 Å². The van der Waals surface area contributed by atoms with E-state index in [0.29, 0.717) is 63.3 Å². The molecule has 2 N–H and O–H groups in total. The van der Waals surface area contributed by atoms with Gasteiger partial charge in [-0.25, -0.2) is 28.1 Å². The van der Waals surface area contributed by atoms with Crippen molar-refractivity contribution >= 4 is 16.7 Å². The van der Waals surface area contributed by atoms with Gasteiger partial charge in [0.25, 0.3) is 5.56 Å². The molecule has 6 aromatic rings. The molecule has 4 aromatic heterocycles. The molecule has 1 atom stereocenters. The smallest absolute Gasteiger partial charge is 0.337 e. The highest BCUT2D eigenvalue weighted by atomic mass is 19.1. The first-order valence-electron chi connectivity index (χ1n) is 17.7. The lowest BCUT2D eigenvalue weighted by atomic mass is 9.91. The summed E-state index contributed by atoms with van der Waals surface area (Å²) in [5.74, 6) is -0.838. The Labute approximate surface area is 297 Å². The molecular weight excluding hydrogens is 668 g/mol. The number of fused-ring (bicyclic) bond motifs is 2. The van der Waals surface area contributed by atoms with Gasteiger partial charge in [-0.2, -0.15) is 0 Å². The van der Waals surface area contributed by atoms with Crippen LogP contribution in [0, 0.1) is 11.6 Å². The van der Waals surface area contributed by atoms with E-state index in [0.717, 1.165) is 41.2 Å². The molecule has 0 unspecified atom stereocenters. The third-order valence-corrected chi connectivity index (χ3v) is 10.4.